The van der Waals surface area contributed by atoms with E-state index in [4.69, 9.17) is 16.6 Å². The lowest BCUT2D eigenvalue weighted by Crippen LogP contribution is -2.48. The van der Waals surface area contributed by atoms with Crippen molar-refractivity contribution in [2.75, 3.05) is 40.3 Å². The number of nitrogens with zero attached hydrogens (tertiary/aromatic N) is 5. The van der Waals surface area contributed by atoms with Crippen LogP contribution in [0.3, 0.4) is 0 Å². The molecule has 0 saturated carbocycles. The number of imidazole rings is 1. The number of fused-ring (bicyclic) bond motifs is 1. The second-order valence-corrected chi connectivity index (χ2v) is 11.8. The minimum Gasteiger partial charge on any atom is -0.345 e. The molecule has 0 spiro atoms. The van der Waals surface area contributed by atoms with Gasteiger partial charge in [0.25, 0.3) is 15.9 Å². The third kappa shape index (κ3) is 4.42. The van der Waals surface area contributed by atoms with E-state index in [1.54, 1.807) is 31.1 Å². The van der Waals surface area contributed by atoms with Crippen molar-refractivity contribution in [1.82, 2.24) is 23.7 Å². The van der Waals surface area contributed by atoms with Crippen LogP contribution in [0.5, 0.6) is 0 Å². The molecule has 11 heteroatoms. The van der Waals surface area contributed by atoms with Gasteiger partial charge >= 0.3 is 0 Å². The van der Waals surface area contributed by atoms with Crippen LogP contribution in [-0.2, 0) is 23.1 Å². The van der Waals surface area contributed by atoms with Crippen LogP contribution in [-0.4, -0.2) is 78.3 Å². The number of hydrogen-bond donors (Lipinski definition) is 0. The summed E-state index contributed by atoms with van der Waals surface area (Å²) in [4.78, 5) is 20.9. The molecule has 1 amide bonds. The summed E-state index contributed by atoms with van der Waals surface area (Å²) in [6.07, 6.45) is 0. The van der Waals surface area contributed by atoms with Crippen LogP contribution in [0.25, 0.3) is 11.0 Å². The normalized spacial score (nSPS) is 16.0. The van der Waals surface area contributed by atoms with Gasteiger partial charge in [0.2, 0.25) is 0 Å². The molecule has 3 aromatic rings. The summed E-state index contributed by atoms with van der Waals surface area (Å²) in [5, 5.41) is 0. The summed E-state index contributed by atoms with van der Waals surface area (Å²) in [7, 11) is -0.0435. The maximum Gasteiger partial charge on any atom is 0.253 e. The molecule has 1 aromatic carbocycles. The Hall–Kier alpha value is -1.98. The quantitative estimate of drug-likeness (QED) is 0.525. The van der Waals surface area contributed by atoms with Crippen LogP contribution in [0, 0.1) is 0 Å². The Balaban J connectivity index is 1.49. The van der Waals surface area contributed by atoms with E-state index in [2.05, 4.69) is 16.4 Å². The Labute approximate surface area is 197 Å². The second kappa shape index (κ2) is 9.11. The molecule has 0 bridgehead atoms. The van der Waals surface area contributed by atoms with Gasteiger partial charge in [-0.3, -0.25) is 9.69 Å². The number of rotatable bonds is 6. The lowest BCUT2D eigenvalue weighted by molar-refractivity contribution is 0.0827. The van der Waals surface area contributed by atoms with Crippen molar-refractivity contribution in [1.29, 1.82) is 0 Å². The number of piperazine rings is 1. The molecular formula is C21H26ClN5O3S2. The second-order valence-electron chi connectivity index (χ2n) is 7.91. The number of hydrogen-bond acceptors (Lipinski definition) is 6. The number of thiophene rings is 1. The van der Waals surface area contributed by atoms with Gasteiger partial charge in [0.15, 0.2) is 0 Å². The third-order valence-corrected chi connectivity index (χ3v) is 9.23. The first-order valence-corrected chi connectivity index (χ1v) is 13.0. The van der Waals surface area contributed by atoms with E-state index in [1.807, 2.05) is 18.2 Å². The smallest absolute Gasteiger partial charge is 0.253 e. The average molecular weight is 496 g/mol. The Morgan fingerprint density at radius 1 is 1.16 bits per heavy atom. The highest BCUT2D eigenvalue weighted by molar-refractivity contribution is 7.91. The summed E-state index contributed by atoms with van der Waals surface area (Å²) in [6.45, 7) is 5.54. The van der Waals surface area contributed by atoms with Crippen molar-refractivity contribution in [2.24, 2.45) is 0 Å². The van der Waals surface area contributed by atoms with Crippen LogP contribution in [0.2, 0.25) is 4.34 Å². The summed E-state index contributed by atoms with van der Waals surface area (Å²) >= 11 is 7.01. The summed E-state index contributed by atoms with van der Waals surface area (Å²) < 4.78 is 30.1. The molecule has 0 radical (unpaired) electrons. The van der Waals surface area contributed by atoms with Gasteiger partial charge in [-0.2, -0.15) is 4.31 Å². The SMILES string of the molecule is CCn1c(CN2CCN(S(=O)(=O)c3ccc(Cl)s3)CC2)nc2cc(C(=O)N(C)C)ccc21. The van der Waals surface area contributed by atoms with E-state index in [0.717, 1.165) is 34.7 Å². The van der Waals surface area contributed by atoms with Gasteiger partial charge < -0.3 is 9.47 Å². The Morgan fingerprint density at radius 3 is 2.47 bits per heavy atom. The topological polar surface area (TPSA) is 78.7 Å². The minimum atomic E-state index is -3.51. The van der Waals surface area contributed by atoms with Gasteiger partial charge in [-0.15, -0.1) is 11.3 Å². The van der Waals surface area contributed by atoms with E-state index in [-0.39, 0.29) is 10.1 Å². The van der Waals surface area contributed by atoms with E-state index >= 15 is 0 Å². The van der Waals surface area contributed by atoms with Gasteiger partial charge in [0, 0.05) is 52.4 Å². The van der Waals surface area contributed by atoms with Gasteiger partial charge in [0.1, 0.15) is 10.0 Å². The molecule has 4 rings (SSSR count). The molecule has 0 unspecified atom stereocenters. The van der Waals surface area contributed by atoms with Gasteiger partial charge in [-0.05, 0) is 37.3 Å². The van der Waals surface area contributed by atoms with Crippen molar-refractivity contribution < 1.29 is 13.2 Å². The molecule has 1 aliphatic heterocycles. The molecule has 0 atom stereocenters. The van der Waals surface area contributed by atoms with Crippen LogP contribution in [0.15, 0.2) is 34.5 Å². The monoisotopic (exact) mass is 495 g/mol. The number of amides is 1. The van der Waals surface area contributed by atoms with E-state index in [1.165, 1.54) is 4.31 Å². The zero-order valence-corrected chi connectivity index (χ0v) is 20.7. The summed E-state index contributed by atoms with van der Waals surface area (Å²) in [5.74, 6) is 0.863. The number of sulfonamides is 1. The highest BCUT2D eigenvalue weighted by Crippen LogP contribution is 2.29. The minimum absolute atomic E-state index is 0.0520. The van der Waals surface area contributed by atoms with Crippen LogP contribution in [0.4, 0.5) is 0 Å². The van der Waals surface area contributed by atoms with Gasteiger partial charge in [-0.1, -0.05) is 11.6 Å². The highest BCUT2D eigenvalue weighted by atomic mass is 35.5. The first kappa shape index (κ1) is 23.2. The fourth-order valence-electron chi connectivity index (χ4n) is 3.94. The molecule has 2 aromatic heterocycles. The number of carbonyl (C=O) groups excluding carboxylic acids is 1. The van der Waals surface area contributed by atoms with Crippen LogP contribution < -0.4 is 0 Å². The number of aromatic nitrogens is 2. The van der Waals surface area contributed by atoms with Crippen LogP contribution >= 0.6 is 22.9 Å². The van der Waals surface area contributed by atoms with Crippen molar-refractivity contribution in [3.63, 3.8) is 0 Å². The van der Waals surface area contributed by atoms with E-state index < -0.39 is 10.0 Å². The van der Waals surface area contributed by atoms with Crippen molar-refractivity contribution in [3.05, 3.63) is 46.1 Å². The van der Waals surface area contributed by atoms with Gasteiger partial charge in [-0.25, -0.2) is 13.4 Å². The lowest BCUT2D eigenvalue weighted by atomic mass is 10.2. The van der Waals surface area contributed by atoms with Crippen molar-refractivity contribution >= 4 is 49.9 Å². The van der Waals surface area contributed by atoms with Crippen LogP contribution in [0.1, 0.15) is 23.1 Å². The molecule has 8 nitrogen and oxygen atoms in total. The van der Waals surface area contributed by atoms with Crippen molar-refractivity contribution in [3.8, 4) is 0 Å². The zero-order chi connectivity index (χ0) is 23.0. The first-order valence-electron chi connectivity index (χ1n) is 10.4. The standard InChI is InChI=1S/C21H26ClN5O3S2/c1-4-27-17-6-5-15(21(28)24(2)3)13-16(17)23-19(27)14-25-9-11-26(12-10-25)32(29,30)20-8-7-18(22)31-20/h5-8,13H,4,9-12,14H2,1-3H3. The van der Waals surface area contributed by atoms with Gasteiger partial charge in [0.05, 0.1) is 21.9 Å². The number of benzene rings is 1. The van der Waals surface area contributed by atoms with E-state index in [0.29, 0.717) is 42.6 Å². The summed E-state index contributed by atoms with van der Waals surface area (Å²) in [5.41, 5.74) is 2.40. The molecule has 0 N–H and O–H groups in total. The number of aryl methyl sites for hydroxylation is 1. The molecule has 1 fully saturated rings. The lowest BCUT2D eigenvalue weighted by Gasteiger charge is -2.33. The number of carbonyl (C=O) groups is 1. The molecule has 1 saturated heterocycles. The Bertz CT molecular complexity index is 1240. The molecular weight excluding hydrogens is 470 g/mol. The zero-order valence-electron chi connectivity index (χ0n) is 18.3. The molecule has 1 aliphatic rings. The maximum absolute atomic E-state index is 12.8. The van der Waals surface area contributed by atoms with Crippen molar-refractivity contribution in [2.45, 2.75) is 24.2 Å². The fourth-order valence-corrected chi connectivity index (χ4v) is 7.00. The molecule has 32 heavy (non-hydrogen) atoms. The highest BCUT2D eigenvalue weighted by Gasteiger charge is 2.30. The largest absolute Gasteiger partial charge is 0.345 e. The Kier molecular flexibility index (Phi) is 6.60. The maximum atomic E-state index is 12.8. The third-order valence-electron chi connectivity index (χ3n) is 5.64. The van der Waals surface area contributed by atoms with E-state index in [9.17, 15) is 13.2 Å². The number of halogens is 1. The molecule has 3 heterocycles. The predicted molar refractivity (Wildman–Crippen MR) is 127 cm³/mol. The predicted octanol–water partition coefficient (Wildman–Crippen LogP) is 2.98. The first-order chi connectivity index (χ1) is 15.2. The fraction of sp³-hybridized carbons (Fsp3) is 0.429. The Morgan fingerprint density at radius 2 is 1.88 bits per heavy atom. The average Bonchev–Trinajstić information content (AvgIpc) is 3.36. The molecule has 172 valence electrons. The molecule has 0 aliphatic carbocycles. The summed E-state index contributed by atoms with van der Waals surface area (Å²) in [6, 6.07) is 8.80.